The van der Waals surface area contributed by atoms with Gasteiger partial charge in [0.1, 0.15) is 11.3 Å². The van der Waals surface area contributed by atoms with Gasteiger partial charge in [-0.1, -0.05) is 24.3 Å². The summed E-state index contributed by atoms with van der Waals surface area (Å²) < 4.78 is 16.7. The second-order valence-electron chi connectivity index (χ2n) is 7.80. The first-order chi connectivity index (χ1) is 15.2. The van der Waals surface area contributed by atoms with E-state index >= 15 is 0 Å². The zero-order valence-electron chi connectivity index (χ0n) is 17.4. The molecule has 2 aromatic carbocycles. The van der Waals surface area contributed by atoms with E-state index in [2.05, 4.69) is 4.90 Å². The molecule has 1 fully saturated rings. The Morgan fingerprint density at radius 2 is 1.74 bits per heavy atom. The smallest absolute Gasteiger partial charge is 0.290 e. The highest BCUT2D eigenvalue weighted by molar-refractivity contribution is 5.99. The summed E-state index contributed by atoms with van der Waals surface area (Å²) in [6, 6.07) is 14.1. The first-order valence-corrected chi connectivity index (χ1v) is 10.5. The molecule has 2 aliphatic rings. The molecule has 31 heavy (non-hydrogen) atoms. The molecule has 5 rings (SSSR count). The number of para-hydroxylation sites is 1. The Kier molecular flexibility index (Phi) is 5.21. The number of fused-ring (bicyclic) bond motifs is 2. The van der Waals surface area contributed by atoms with Crippen molar-refractivity contribution in [2.75, 3.05) is 46.5 Å². The van der Waals surface area contributed by atoms with E-state index in [9.17, 15) is 9.59 Å². The number of morpholine rings is 1. The second kappa shape index (κ2) is 8.17. The van der Waals surface area contributed by atoms with Crippen LogP contribution in [-0.2, 0) is 4.74 Å². The first-order valence-electron chi connectivity index (χ1n) is 10.5. The van der Waals surface area contributed by atoms with Crippen LogP contribution in [0.2, 0.25) is 0 Å². The molecular formula is C24H24N2O5. The maximum Gasteiger partial charge on any atom is 0.290 e. The van der Waals surface area contributed by atoms with Crippen LogP contribution in [0.5, 0.6) is 5.75 Å². The highest BCUT2D eigenvalue weighted by Crippen LogP contribution is 2.38. The fraction of sp³-hybridized carbons (Fsp3) is 0.333. The van der Waals surface area contributed by atoms with Crippen molar-refractivity contribution in [2.24, 2.45) is 0 Å². The average molecular weight is 420 g/mol. The molecule has 2 aliphatic heterocycles. The van der Waals surface area contributed by atoms with Gasteiger partial charge in [-0.15, -0.1) is 0 Å². The molecule has 0 radical (unpaired) electrons. The summed E-state index contributed by atoms with van der Waals surface area (Å²) in [6.45, 7) is 4.27. The second-order valence-corrected chi connectivity index (χ2v) is 7.80. The lowest BCUT2D eigenvalue weighted by Crippen LogP contribution is -2.42. The number of methoxy groups -OCH3 is 1. The summed E-state index contributed by atoms with van der Waals surface area (Å²) in [5.41, 5.74) is 1.55. The maximum atomic E-state index is 13.4. The fourth-order valence-electron chi connectivity index (χ4n) is 4.40. The zero-order chi connectivity index (χ0) is 21.4. The minimum Gasteiger partial charge on any atom is -0.497 e. The molecule has 3 heterocycles. The van der Waals surface area contributed by atoms with Gasteiger partial charge in [-0.2, -0.15) is 0 Å². The van der Waals surface area contributed by atoms with Gasteiger partial charge in [-0.25, -0.2) is 0 Å². The summed E-state index contributed by atoms with van der Waals surface area (Å²) in [7, 11) is 1.61. The van der Waals surface area contributed by atoms with Gasteiger partial charge in [-0.3, -0.25) is 14.5 Å². The van der Waals surface area contributed by atoms with Crippen molar-refractivity contribution in [3.8, 4) is 5.75 Å². The largest absolute Gasteiger partial charge is 0.497 e. The van der Waals surface area contributed by atoms with Gasteiger partial charge in [0.15, 0.2) is 5.43 Å². The van der Waals surface area contributed by atoms with Gasteiger partial charge in [0.05, 0.1) is 37.3 Å². The lowest BCUT2D eigenvalue weighted by Gasteiger charge is -2.31. The number of carbonyl (C=O) groups is 1. The lowest BCUT2D eigenvalue weighted by atomic mass is 9.98. The molecule has 1 aromatic heterocycles. The van der Waals surface area contributed by atoms with Crippen molar-refractivity contribution in [3.63, 3.8) is 0 Å². The number of nitrogens with zero attached hydrogens (tertiary/aromatic N) is 2. The Bertz CT molecular complexity index is 1160. The molecule has 0 aliphatic carbocycles. The van der Waals surface area contributed by atoms with E-state index in [-0.39, 0.29) is 17.1 Å². The zero-order valence-corrected chi connectivity index (χ0v) is 17.4. The summed E-state index contributed by atoms with van der Waals surface area (Å²) in [5, 5.41) is 0.489. The Hall–Kier alpha value is -3.16. The van der Waals surface area contributed by atoms with Gasteiger partial charge in [-0.05, 0) is 29.8 Å². The molecule has 1 unspecified atom stereocenters. The van der Waals surface area contributed by atoms with Crippen molar-refractivity contribution < 1.29 is 18.7 Å². The molecule has 0 spiro atoms. The molecule has 160 valence electrons. The summed E-state index contributed by atoms with van der Waals surface area (Å²) in [4.78, 5) is 30.9. The molecule has 7 nitrogen and oxygen atoms in total. The SMILES string of the molecule is COc1ccc(C2c3c(oc4ccccc4c3=O)C(=O)N2CCN2CCOCC2)cc1. The van der Waals surface area contributed by atoms with Crippen LogP contribution in [-0.4, -0.2) is 62.2 Å². The fourth-order valence-corrected chi connectivity index (χ4v) is 4.40. The summed E-state index contributed by atoms with van der Waals surface area (Å²) in [5.74, 6) is 0.622. The predicted molar refractivity (Wildman–Crippen MR) is 116 cm³/mol. The topological polar surface area (TPSA) is 72.2 Å². The predicted octanol–water partition coefficient (Wildman–Crippen LogP) is 2.68. The maximum absolute atomic E-state index is 13.4. The summed E-state index contributed by atoms with van der Waals surface area (Å²) in [6.07, 6.45) is 0. The number of hydrogen-bond donors (Lipinski definition) is 0. The quantitative estimate of drug-likeness (QED) is 0.632. The summed E-state index contributed by atoms with van der Waals surface area (Å²) >= 11 is 0. The van der Waals surface area contributed by atoms with E-state index in [4.69, 9.17) is 13.9 Å². The highest BCUT2D eigenvalue weighted by atomic mass is 16.5. The number of carbonyl (C=O) groups excluding carboxylic acids is 1. The molecule has 1 saturated heterocycles. The third kappa shape index (κ3) is 3.49. The molecule has 1 atom stereocenters. The van der Waals surface area contributed by atoms with Crippen molar-refractivity contribution in [2.45, 2.75) is 6.04 Å². The average Bonchev–Trinajstić information content (AvgIpc) is 3.10. The number of amides is 1. The minimum atomic E-state index is -0.490. The van der Waals surface area contributed by atoms with E-state index in [1.165, 1.54) is 0 Å². The molecule has 7 heteroatoms. The molecule has 1 amide bonds. The Balaban J connectivity index is 1.58. The van der Waals surface area contributed by atoms with Crippen LogP contribution in [0.4, 0.5) is 0 Å². The van der Waals surface area contributed by atoms with Crippen LogP contribution in [0, 0.1) is 0 Å². The van der Waals surface area contributed by atoms with Gasteiger partial charge < -0.3 is 18.8 Å². The number of ether oxygens (including phenoxy) is 2. The standard InChI is InChI=1S/C24H24N2O5/c1-29-17-8-6-16(7-9-17)21-20-22(27)18-4-2-3-5-19(18)31-23(20)24(28)26(21)11-10-25-12-14-30-15-13-25/h2-9,21H,10-15H2,1H3. The van der Waals surface area contributed by atoms with Crippen LogP contribution < -0.4 is 10.2 Å². The van der Waals surface area contributed by atoms with E-state index in [0.717, 1.165) is 24.4 Å². The number of rotatable bonds is 5. The first kappa shape index (κ1) is 19.8. The van der Waals surface area contributed by atoms with Gasteiger partial charge >= 0.3 is 0 Å². The molecule has 0 N–H and O–H groups in total. The van der Waals surface area contributed by atoms with E-state index in [1.54, 1.807) is 36.3 Å². The monoisotopic (exact) mass is 420 g/mol. The Labute approximate surface area is 179 Å². The van der Waals surface area contributed by atoms with E-state index in [0.29, 0.717) is 42.8 Å². The van der Waals surface area contributed by atoms with Crippen molar-refractivity contribution >= 4 is 16.9 Å². The lowest BCUT2D eigenvalue weighted by molar-refractivity contribution is 0.0314. The van der Waals surface area contributed by atoms with Crippen LogP contribution in [0.15, 0.2) is 57.7 Å². The van der Waals surface area contributed by atoms with E-state index in [1.807, 2.05) is 24.3 Å². The third-order valence-corrected chi connectivity index (χ3v) is 6.07. The Morgan fingerprint density at radius 1 is 1.00 bits per heavy atom. The van der Waals surface area contributed by atoms with Gasteiger partial charge in [0, 0.05) is 26.2 Å². The highest BCUT2D eigenvalue weighted by Gasteiger charge is 2.42. The number of hydrogen-bond acceptors (Lipinski definition) is 6. The molecule has 0 saturated carbocycles. The van der Waals surface area contributed by atoms with Crippen LogP contribution in [0.25, 0.3) is 11.0 Å². The van der Waals surface area contributed by atoms with Crippen LogP contribution in [0.3, 0.4) is 0 Å². The third-order valence-electron chi connectivity index (χ3n) is 6.07. The van der Waals surface area contributed by atoms with Crippen LogP contribution in [0.1, 0.15) is 27.7 Å². The van der Waals surface area contributed by atoms with E-state index < -0.39 is 6.04 Å². The molecule has 3 aromatic rings. The van der Waals surface area contributed by atoms with Crippen molar-refractivity contribution in [1.29, 1.82) is 0 Å². The molecule has 0 bridgehead atoms. The normalized spacial score (nSPS) is 19.1. The van der Waals surface area contributed by atoms with Gasteiger partial charge in [0.25, 0.3) is 5.91 Å². The Morgan fingerprint density at radius 3 is 2.48 bits per heavy atom. The molecular weight excluding hydrogens is 396 g/mol. The van der Waals surface area contributed by atoms with Crippen molar-refractivity contribution in [3.05, 3.63) is 75.6 Å². The number of benzene rings is 2. The van der Waals surface area contributed by atoms with Crippen molar-refractivity contribution in [1.82, 2.24) is 9.80 Å². The van der Waals surface area contributed by atoms with Gasteiger partial charge in [0.2, 0.25) is 5.76 Å². The van der Waals surface area contributed by atoms with Crippen LogP contribution >= 0.6 is 0 Å². The minimum absolute atomic E-state index is 0.145.